The summed E-state index contributed by atoms with van der Waals surface area (Å²) in [6, 6.07) is 5.69. The molecule has 0 saturated carbocycles. The van der Waals surface area contributed by atoms with Crippen LogP contribution in [-0.2, 0) is 0 Å². The Hall–Kier alpha value is -2.72. The number of benzene rings is 1. The molecule has 0 fully saturated rings. The van der Waals surface area contributed by atoms with E-state index in [1.165, 1.54) is 23.6 Å². The maximum Gasteiger partial charge on any atom is 0.324 e. The van der Waals surface area contributed by atoms with Crippen molar-refractivity contribution in [2.24, 2.45) is 0 Å². The Balaban J connectivity index is 1.78. The zero-order valence-electron chi connectivity index (χ0n) is 11.7. The van der Waals surface area contributed by atoms with Crippen LogP contribution in [0.4, 0.5) is 18.9 Å². The van der Waals surface area contributed by atoms with Gasteiger partial charge in [0.05, 0.1) is 15.5 Å². The number of hydrogen-bond donors (Lipinski definition) is 1. The Morgan fingerprint density at radius 3 is 2.71 bits per heavy atom. The number of thiazole rings is 1. The van der Waals surface area contributed by atoms with Crippen molar-refractivity contribution in [3.8, 4) is 11.3 Å². The lowest BCUT2D eigenvalue weighted by atomic mass is 10.1. The van der Waals surface area contributed by atoms with Gasteiger partial charge in [0.2, 0.25) is 0 Å². The molecule has 6 nitrogen and oxygen atoms in total. The first kappa shape index (κ1) is 16.1. The Labute approximate surface area is 141 Å². The third kappa shape index (κ3) is 3.29. The highest BCUT2D eigenvalue weighted by molar-refractivity contribution is 7.17. The normalized spacial score (nSPS) is 10.6. The number of aromatic nitrogens is 1. The smallest absolute Gasteiger partial charge is 0.297 e. The second kappa shape index (κ2) is 6.42. The van der Waals surface area contributed by atoms with Crippen LogP contribution in [-0.4, -0.2) is 15.8 Å². The molecule has 24 heavy (non-hydrogen) atoms. The minimum atomic E-state index is -0.757. The Kier molecular flexibility index (Phi) is 4.32. The fourth-order valence-corrected chi connectivity index (χ4v) is 3.28. The van der Waals surface area contributed by atoms with Crippen molar-refractivity contribution >= 4 is 38.7 Å². The Bertz CT molecular complexity index is 939. The van der Waals surface area contributed by atoms with Gasteiger partial charge in [-0.25, -0.2) is 13.8 Å². The van der Waals surface area contributed by atoms with Gasteiger partial charge in [-0.3, -0.25) is 20.2 Å². The number of amides is 1. The highest BCUT2D eigenvalue weighted by atomic mass is 32.1. The lowest BCUT2D eigenvalue weighted by molar-refractivity contribution is -0.380. The molecule has 122 valence electrons. The molecule has 2 heterocycles. The lowest BCUT2D eigenvalue weighted by Crippen LogP contribution is -2.09. The zero-order chi connectivity index (χ0) is 17.3. The monoisotopic (exact) mass is 367 g/mol. The summed E-state index contributed by atoms with van der Waals surface area (Å²) >= 11 is 1.80. The molecule has 0 aliphatic rings. The number of carbonyl (C=O) groups excluding carboxylic acids is 1. The quantitative estimate of drug-likeness (QED) is 0.550. The summed E-state index contributed by atoms with van der Waals surface area (Å²) in [7, 11) is 0. The van der Waals surface area contributed by atoms with Gasteiger partial charge in [0, 0.05) is 23.1 Å². The highest BCUT2D eigenvalue weighted by Gasteiger charge is 2.17. The molecule has 1 N–H and O–H groups in total. The molecule has 0 aliphatic carbocycles. The van der Waals surface area contributed by atoms with Crippen molar-refractivity contribution in [2.45, 2.75) is 0 Å². The number of carbonyl (C=O) groups is 1. The molecule has 0 radical (unpaired) electrons. The molecule has 10 heteroatoms. The van der Waals surface area contributed by atoms with Gasteiger partial charge in [0.25, 0.3) is 5.91 Å². The molecule has 0 unspecified atom stereocenters. The number of hydrogen-bond acceptors (Lipinski definition) is 6. The van der Waals surface area contributed by atoms with Crippen LogP contribution in [0.1, 0.15) is 9.67 Å². The summed E-state index contributed by atoms with van der Waals surface area (Å²) in [6.07, 6.45) is 0. The van der Waals surface area contributed by atoms with Crippen LogP contribution in [0.5, 0.6) is 0 Å². The Morgan fingerprint density at radius 2 is 2.04 bits per heavy atom. The van der Waals surface area contributed by atoms with Crippen molar-refractivity contribution in [3.05, 3.63) is 62.3 Å². The van der Waals surface area contributed by atoms with Crippen molar-refractivity contribution in [1.29, 1.82) is 0 Å². The van der Waals surface area contributed by atoms with Gasteiger partial charge in [-0.2, -0.15) is 0 Å². The van der Waals surface area contributed by atoms with Crippen LogP contribution >= 0.6 is 22.7 Å². The lowest BCUT2D eigenvalue weighted by Gasteiger charge is -2.00. The molecule has 1 aromatic carbocycles. The van der Waals surface area contributed by atoms with Gasteiger partial charge in [-0.15, -0.1) is 11.3 Å². The van der Waals surface area contributed by atoms with E-state index >= 15 is 0 Å². The first-order valence-corrected chi connectivity index (χ1v) is 8.10. The summed E-state index contributed by atoms with van der Waals surface area (Å²) in [5, 5.41) is 14.7. The van der Waals surface area contributed by atoms with E-state index < -0.39 is 22.5 Å². The van der Waals surface area contributed by atoms with Crippen molar-refractivity contribution in [3.63, 3.8) is 0 Å². The Morgan fingerprint density at radius 1 is 1.25 bits per heavy atom. The molecule has 0 atom stereocenters. The van der Waals surface area contributed by atoms with Crippen LogP contribution < -0.4 is 5.32 Å². The van der Waals surface area contributed by atoms with Crippen LogP contribution in [0, 0.1) is 21.7 Å². The van der Waals surface area contributed by atoms with Crippen LogP contribution in [0.25, 0.3) is 11.3 Å². The van der Waals surface area contributed by atoms with Gasteiger partial charge in [-0.05, 0) is 18.2 Å². The van der Waals surface area contributed by atoms with E-state index in [9.17, 15) is 23.7 Å². The van der Waals surface area contributed by atoms with Gasteiger partial charge in [-0.1, -0.05) is 11.3 Å². The first-order valence-electron chi connectivity index (χ1n) is 6.40. The van der Waals surface area contributed by atoms with E-state index in [1.54, 1.807) is 0 Å². The largest absolute Gasteiger partial charge is 0.324 e. The number of nitro groups is 1. The van der Waals surface area contributed by atoms with Gasteiger partial charge >= 0.3 is 5.00 Å². The maximum atomic E-state index is 13.7. The van der Waals surface area contributed by atoms with E-state index in [2.05, 4.69) is 10.3 Å². The standard InChI is InChI=1S/C14H7F2N3O3S2/c15-7-1-2-8(9(16)5-7)10-6-23-14(17-10)18-13(20)11-3-4-12(24-11)19(21)22/h1-6H,(H,17,18,20). The molecular formula is C14H7F2N3O3S2. The number of rotatable bonds is 4. The number of anilines is 1. The van der Waals surface area contributed by atoms with E-state index in [0.29, 0.717) is 0 Å². The van der Waals surface area contributed by atoms with Crippen molar-refractivity contribution in [1.82, 2.24) is 4.98 Å². The first-order chi connectivity index (χ1) is 11.4. The average Bonchev–Trinajstić information content (AvgIpc) is 3.16. The molecule has 2 aromatic heterocycles. The van der Waals surface area contributed by atoms with E-state index in [0.717, 1.165) is 34.8 Å². The molecule has 0 saturated heterocycles. The average molecular weight is 367 g/mol. The van der Waals surface area contributed by atoms with Crippen molar-refractivity contribution in [2.75, 3.05) is 5.32 Å². The maximum absolute atomic E-state index is 13.7. The molecule has 0 aliphatic heterocycles. The molecular weight excluding hydrogens is 360 g/mol. The summed E-state index contributed by atoms with van der Waals surface area (Å²) in [5.41, 5.74) is 0.366. The third-order valence-corrected chi connectivity index (χ3v) is 4.72. The van der Waals surface area contributed by atoms with Crippen LogP contribution in [0.2, 0.25) is 0 Å². The summed E-state index contributed by atoms with van der Waals surface area (Å²) in [6.45, 7) is 0. The molecule has 1 amide bonds. The summed E-state index contributed by atoms with van der Waals surface area (Å²) in [5.74, 6) is -2.00. The molecule has 0 spiro atoms. The van der Waals surface area contributed by atoms with Crippen LogP contribution in [0.15, 0.2) is 35.7 Å². The number of nitrogens with one attached hydrogen (secondary N) is 1. The molecule has 3 aromatic rings. The van der Waals surface area contributed by atoms with E-state index in [4.69, 9.17) is 0 Å². The molecule has 3 rings (SSSR count). The van der Waals surface area contributed by atoms with E-state index in [1.807, 2.05) is 0 Å². The third-order valence-electron chi connectivity index (χ3n) is 2.93. The number of halogens is 2. The number of thiophene rings is 1. The second-order valence-electron chi connectivity index (χ2n) is 4.51. The molecule has 0 bridgehead atoms. The van der Waals surface area contributed by atoms with Crippen LogP contribution in [0.3, 0.4) is 0 Å². The predicted molar refractivity (Wildman–Crippen MR) is 86.4 cm³/mol. The summed E-state index contributed by atoms with van der Waals surface area (Å²) < 4.78 is 26.7. The van der Waals surface area contributed by atoms with E-state index in [-0.39, 0.29) is 26.3 Å². The highest BCUT2D eigenvalue weighted by Crippen LogP contribution is 2.29. The van der Waals surface area contributed by atoms with Gasteiger partial charge in [0.15, 0.2) is 5.13 Å². The zero-order valence-corrected chi connectivity index (χ0v) is 13.3. The van der Waals surface area contributed by atoms with Gasteiger partial charge < -0.3 is 0 Å². The fraction of sp³-hybridized carbons (Fsp3) is 0. The minimum absolute atomic E-state index is 0.111. The predicted octanol–water partition coefficient (Wildman–Crippen LogP) is 4.31. The SMILES string of the molecule is O=C(Nc1nc(-c2ccc(F)cc2F)cs1)c1ccc([N+](=O)[O-])s1. The van der Waals surface area contributed by atoms with Crippen molar-refractivity contribution < 1.29 is 18.5 Å². The van der Waals surface area contributed by atoms with Gasteiger partial charge in [0.1, 0.15) is 11.6 Å². The second-order valence-corrected chi connectivity index (χ2v) is 6.43. The fourth-order valence-electron chi connectivity index (χ4n) is 1.86. The topological polar surface area (TPSA) is 85.1 Å². The summed E-state index contributed by atoms with van der Waals surface area (Å²) in [4.78, 5) is 26.3. The number of nitrogens with zero attached hydrogens (tertiary/aromatic N) is 2. The minimum Gasteiger partial charge on any atom is -0.297 e.